The maximum absolute atomic E-state index is 13.8. The number of thiophene rings is 1. The molecule has 1 aromatic carbocycles. The van der Waals surface area contributed by atoms with Crippen molar-refractivity contribution in [3.63, 3.8) is 0 Å². The first-order valence-corrected chi connectivity index (χ1v) is 12.2. The lowest BCUT2D eigenvalue weighted by Crippen LogP contribution is -2.35. The number of carbonyl (C=O) groups excluding carboxylic acids is 2. The van der Waals surface area contributed by atoms with E-state index < -0.39 is 5.97 Å². The highest BCUT2D eigenvalue weighted by Gasteiger charge is 2.33. The van der Waals surface area contributed by atoms with E-state index in [9.17, 15) is 9.59 Å². The van der Waals surface area contributed by atoms with Crippen molar-refractivity contribution in [3.8, 4) is 0 Å². The second-order valence-corrected chi connectivity index (χ2v) is 9.25. The number of carbonyl (C=O) groups is 2. The van der Waals surface area contributed by atoms with Crippen LogP contribution in [0.5, 0.6) is 0 Å². The third-order valence-corrected chi connectivity index (χ3v) is 6.98. The van der Waals surface area contributed by atoms with Gasteiger partial charge in [0.05, 0.1) is 12.8 Å². The summed E-state index contributed by atoms with van der Waals surface area (Å²) in [4.78, 5) is 28.7. The van der Waals surface area contributed by atoms with Gasteiger partial charge >= 0.3 is 5.97 Å². The van der Waals surface area contributed by atoms with Crippen molar-refractivity contribution in [2.45, 2.75) is 58.8 Å². The van der Waals surface area contributed by atoms with E-state index in [0.29, 0.717) is 16.5 Å². The third kappa shape index (κ3) is 5.65. The minimum absolute atomic E-state index is 0.0290. The van der Waals surface area contributed by atoms with Crippen molar-refractivity contribution in [3.05, 3.63) is 52.2 Å². The van der Waals surface area contributed by atoms with Crippen molar-refractivity contribution < 1.29 is 14.3 Å². The van der Waals surface area contributed by atoms with Gasteiger partial charge in [0.15, 0.2) is 0 Å². The van der Waals surface area contributed by atoms with Crippen molar-refractivity contribution >= 4 is 40.7 Å². The number of esters is 1. The lowest BCUT2D eigenvalue weighted by atomic mass is 9.82. The van der Waals surface area contributed by atoms with Crippen LogP contribution in [0, 0.1) is 11.8 Å². The van der Waals surface area contributed by atoms with Crippen molar-refractivity contribution in [1.29, 1.82) is 0 Å². The quantitative estimate of drug-likeness (QED) is 0.322. The molecule has 0 unspecified atom stereocenters. The minimum Gasteiger partial charge on any atom is -0.465 e. The zero-order chi connectivity index (χ0) is 22.2. The SMILES string of the molecule is CCCCC=Cc1csc(C(=O)OC)c1N(C(=O)C1CCC(C)CC1)c1ccccc1. The first-order valence-electron chi connectivity index (χ1n) is 11.3. The molecular weight excluding hydrogens is 406 g/mol. The standard InChI is InChI=1S/C26H33NO3S/c1-4-5-6-8-11-21-18-31-24(26(29)30-3)23(21)27(22-12-9-7-10-13-22)25(28)20-16-14-19(2)15-17-20/h7-13,18-20H,4-6,14-17H2,1-3H3. The van der Waals surface area contributed by atoms with Crippen molar-refractivity contribution in [1.82, 2.24) is 0 Å². The monoisotopic (exact) mass is 439 g/mol. The molecule has 1 fully saturated rings. The molecule has 3 rings (SSSR count). The Morgan fingerprint density at radius 2 is 1.87 bits per heavy atom. The Morgan fingerprint density at radius 3 is 2.52 bits per heavy atom. The van der Waals surface area contributed by atoms with Crippen LogP contribution in [0.15, 0.2) is 41.8 Å². The van der Waals surface area contributed by atoms with E-state index in [1.807, 2.05) is 41.8 Å². The number of rotatable bonds is 8. The van der Waals surface area contributed by atoms with E-state index in [1.165, 1.54) is 18.4 Å². The summed E-state index contributed by atoms with van der Waals surface area (Å²) >= 11 is 1.34. The third-order valence-electron chi connectivity index (χ3n) is 6.01. The van der Waals surface area contributed by atoms with E-state index >= 15 is 0 Å². The number of benzene rings is 1. The second-order valence-electron chi connectivity index (χ2n) is 8.37. The van der Waals surface area contributed by atoms with Crippen LogP contribution in [0.2, 0.25) is 0 Å². The lowest BCUT2D eigenvalue weighted by Gasteiger charge is -2.31. The van der Waals surface area contributed by atoms with Crippen molar-refractivity contribution in [2.75, 3.05) is 12.0 Å². The molecule has 1 aliphatic carbocycles. The van der Waals surface area contributed by atoms with Crippen LogP contribution in [-0.2, 0) is 9.53 Å². The molecule has 0 spiro atoms. The molecule has 1 heterocycles. The van der Waals surface area contributed by atoms with Crippen LogP contribution >= 0.6 is 11.3 Å². The molecule has 1 saturated carbocycles. The molecule has 1 aliphatic rings. The molecule has 1 aromatic heterocycles. The zero-order valence-electron chi connectivity index (χ0n) is 18.8. The minimum atomic E-state index is -0.404. The van der Waals surface area contributed by atoms with Crippen LogP contribution in [0.25, 0.3) is 6.08 Å². The van der Waals surface area contributed by atoms with Gasteiger partial charge in [0, 0.05) is 22.5 Å². The highest BCUT2D eigenvalue weighted by molar-refractivity contribution is 7.13. The Morgan fingerprint density at radius 1 is 1.16 bits per heavy atom. The Bertz CT molecular complexity index is 895. The number of ether oxygens (including phenoxy) is 1. The van der Waals surface area contributed by atoms with Gasteiger partial charge in [0.1, 0.15) is 4.88 Å². The highest BCUT2D eigenvalue weighted by Crippen LogP contribution is 2.41. The predicted octanol–water partition coefficient (Wildman–Crippen LogP) is 7.23. The van der Waals surface area contributed by atoms with Crippen LogP contribution < -0.4 is 4.90 Å². The van der Waals surface area contributed by atoms with E-state index in [1.54, 1.807) is 4.90 Å². The number of unbranched alkanes of at least 4 members (excludes halogenated alkanes) is 2. The lowest BCUT2D eigenvalue weighted by molar-refractivity contribution is -0.122. The van der Waals surface area contributed by atoms with Gasteiger partial charge in [-0.25, -0.2) is 4.79 Å². The molecule has 5 heteroatoms. The molecule has 31 heavy (non-hydrogen) atoms. The molecule has 0 radical (unpaired) electrons. The van der Waals surface area contributed by atoms with E-state index in [2.05, 4.69) is 19.9 Å². The summed E-state index contributed by atoms with van der Waals surface area (Å²) in [7, 11) is 1.39. The van der Waals surface area contributed by atoms with Gasteiger partial charge in [-0.05, 0) is 50.2 Å². The van der Waals surface area contributed by atoms with Crippen LogP contribution in [0.3, 0.4) is 0 Å². The molecule has 0 N–H and O–H groups in total. The van der Waals surface area contributed by atoms with Gasteiger partial charge in [-0.3, -0.25) is 9.69 Å². The predicted molar refractivity (Wildman–Crippen MR) is 129 cm³/mol. The largest absolute Gasteiger partial charge is 0.465 e. The van der Waals surface area contributed by atoms with Crippen LogP contribution in [0.4, 0.5) is 11.4 Å². The van der Waals surface area contributed by atoms with Gasteiger partial charge in [-0.15, -0.1) is 11.3 Å². The number of nitrogens with zero attached hydrogens (tertiary/aromatic N) is 1. The normalized spacial score (nSPS) is 18.8. The average Bonchev–Trinajstić information content (AvgIpc) is 3.21. The Labute approximate surface area is 189 Å². The summed E-state index contributed by atoms with van der Waals surface area (Å²) in [5, 5.41) is 1.95. The molecular formula is C26H33NO3S. The summed E-state index contributed by atoms with van der Waals surface area (Å²) in [6.45, 7) is 4.42. The number of hydrogen-bond donors (Lipinski definition) is 0. The summed E-state index contributed by atoms with van der Waals surface area (Å²) in [6.07, 6.45) is 11.3. The van der Waals surface area contributed by atoms with Crippen LogP contribution in [-0.4, -0.2) is 19.0 Å². The fourth-order valence-corrected chi connectivity index (χ4v) is 5.05. The smallest absolute Gasteiger partial charge is 0.350 e. The number of amides is 1. The molecule has 4 nitrogen and oxygen atoms in total. The number of allylic oxidation sites excluding steroid dienone is 1. The number of methoxy groups -OCH3 is 1. The number of para-hydroxylation sites is 1. The van der Waals surface area contributed by atoms with E-state index in [0.717, 1.165) is 56.2 Å². The number of anilines is 2. The van der Waals surface area contributed by atoms with E-state index in [4.69, 9.17) is 4.74 Å². The number of hydrogen-bond acceptors (Lipinski definition) is 4. The second kappa shape index (κ2) is 11.3. The molecule has 0 atom stereocenters. The molecule has 0 aliphatic heterocycles. The van der Waals surface area contributed by atoms with Gasteiger partial charge in [0.2, 0.25) is 5.91 Å². The fourth-order valence-electron chi connectivity index (χ4n) is 4.12. The topological polar surface area (TPSA) is 46.6 Å². The highest BCUT2D eigenvalue weighted by atomic mass is 32.1. The first-order chi connectivity index (χ1) is 15.1. The Kier molecular flexibility index (Phi) is 8.47. The molecule has 1 amide bonds. The van der Waals surface area contributed by atoms with Gasteiger partial charge in [-0.1, -0.05) is 57.0 Å². The van der Waals surface area contributed by atoms with Gasteiger partial charge < -0.3 is 4.74 Å². The fraction of sp³-hybridized carbons (Fsp3) is 0.462. The summed E-state index contributed by atoms with van der Waals surface area (Å²) in [5.41, 5.74) is 2.33. The summed E-state index contributed by atoms with van der Waals surface area (Å²) in [5.74, 6) is 0.306. The van der Waals surface area contributed by atoms with E-state index in [-0.39, 0.29) is 11.8 Å². The Balaban J connectivity index is 2.07. The maximum atomic E-state index is 13.8. The Hall–Kier alpha value is -2.40. The zero-order valence-corrected chi connectivity index (χ0v) is 19.6. The molecule has 2 aromatic rings. The maximum Gasteiger partial charge on any atom is 0.350 e. The van der Waals surface area contributed by atoms with Gasteiger partial charge in [-0.2, -0.15) is 0 Å². The van der Waals surface area contributed by atoms with Gasteiger partial charge in [0.25, 0.3) is 0 Å². The molecule has 0 bridgehead atoms. The molecule has 166 valence electrons. The first kappa shape index (κ1) is 23.3. The van der Waals surface area contributed by atoms with Crippen LogP contribution in [0.1, 0.15) is 74.0 Å². The summed E-state index contributed by atoms with van der Waals surface area (Å²) in [6, 6.07) is 9.67. The van der Waals surface area contributed by atoms with Crippen molar-refractivity contribution in [2.24, 2.45) is 11.8 Å². The summed E-state index contributed by atoms with van der Waals surface area (Å²) < 4.78 is 5.07. The average molecular weight is 440 g/mol. The molecule has 0 saturated heterocycles.